The Hall–Kier alpha value is -1.10. The standard InChI is InChI=1S/C13H21NO3/c1-10(7-13(2,14)9-16)17-12-6-4-3-5-11(12)8-15/h3-6,10,15-16H,7-9,14H2,1-2H3. The molecule has 0 aliphatic heterocycles. The molecule has 1 rings (SSSR count). The lowest BCUT2D eigenvalue weighted by Crippen LogP contribution is -2.43. The summed E-state index contributed by atoms with van der Waals surface area (Å²) in [6.07, 6.45) is 0.424. The van der Waals surface area contributed by atoms with Gasteiger partial charge in [0.15, 0.2) is 0 Å². The van der Waals surface area contributed by atoms with E-state index in [0.29, 0.717) is 12.2 Å². The van der Waals surface area contributed by atoms with Crippen molar-refractivity contribution in [1.29, 1.82) is 0 Å². The highest BCUT2D eigenvalue weighted by Crippen LogP contribution is 2.21. The maximum atomic E-state index is 9.17. The van der Waals surface area contributed by atoms with E-state index < -0.39 is 5.54 Å². The fraction of sp³-hybridized carbons (Fsp3) is 0.538. The molecule has 96 valence electrons. The van der Waals surface area contributed by atoms with Crippen LogP contribution in [0, 0.1) is 0 Å². The van der Waals surface area contributed by atoms with E-state index in [9.17, 15) is 0 Å². The van der Waals surface area contributed by atoms with Crippen molar-refractivity contribution in [2.75, 3.05) is 6.61 Å². The van der Waals surface area contributed by atoms with Gasteiger partial charge in [0, 0.05) is 17.5 Å². The topological polar surface area (TPSA) is 75.7 Å². The molecule has 0 bridgehead atoms. The van der Waals surface area contributed by atoms with Crippen molar-refractivity contribution in [2.24, 2.45) is 5.73 Å². The molecular formula is C13H21NO3. The summed E-state index contributed by atoms with van der Waals surface area (Å²) in [7, 11) is 0. The highest BCUT2D eigenvalue weighted by atomic mass is 16.5. The number of rotatable bonds is 6. The van der Waals surface area contributed by atoms with Crippen LogP contribution in [-0.4, -0.2) is 28.5 Å². The van der Waals surface area contributed by atoms with Gasteiger partial charge in [-0.3, -0.25) is 0 Å². The molecule has 0 fully saturated rings. The molecule has 0 spiro atoms. The smallest absolute Gasteiger partial charge is 0.125 e. The van der Waals surface area contributed by atoms with Crippen LogP contribution in [0.25, 0.3) is 0 Å². The minimum atomic E-state index is -0.645. The zero-order valence-corrected chi connectivity index (χ0v) is 10.4. The first-order chi connectivity index (χ1) is 7.98. The third-order valence-electron chi connectivity index (χ3n) is 2.59. The fourth-order valence-electron chi connectivity index (χ4n) is 1.73. The molecule has 17 heavy (non-hydrogen) atoms. The Balaban J connectivity index is 2.65. The molecule has 1 aromatic carbocycles. The van der Waals surface area contributed by atoms with Crippen LogP contribution >= 0.6 is 0 Å². The third-order valence-corrected chi connectivity index (χ3v) is 2.59. The van der Waals surface area contributed by atoms with E-state index in [0.717, 1.165) is 5.56 Å². The third kappa shape index (κ3) is 4.34. The molecule has 4 nitrogen and oxygen atoms in total. The second kappa shape index (κ2) is 6.00. The van der Waals surface area contributed by atoms with E-state index in [1.807, 2.05) is 31.2 Å². The van der Waals surface area contributed by atoms with Gasteiger partial charge in [-0.05, 0) is 19.9 Å². The van der Waals surface area contributed by atoms with Crippen LogP contribution < -0.4 is 10.5 Å². The Bertz CT molecular complexity index is 352. The second-order valence-corrected chi connectivity index (χ2v) is 4.71. The normalized spacial score (nSPS) is 16.3. The number of nitrogens with two attached hydrogens (primary N) is 1. The van der Waals surface area contributed by atoms with E-state index in [4.69, 9.17) is 20.7 Å². The molecule has 2 unspecified atom stereocenters. The van der Waals surface area contributed by atoms with Crippen molar-refractivity contribution in [3.8, 4) is 5.75 Å². The number of aliphatic hydroxyl groups is 2. The van der Waals surface area contributed by atoms with Gasteiger partial charge < -0.3 is 20.7 Å². The van der Waals surface area contributed by atoms with Crippen molar-refractivity contribution < 1.29 is 14.9 Å². The maximum absolute atomic E-state index is 9.17. The Labute approximate surface area is 102 Å². The minimum absolute atomic E-state index is 0.0528. The molecule has 0 aliphatic carbocycles. The quantitative estimate of drug-likeness (QED) is 0.693. The highest BCUT2D eigenvalue weighted by Gasteiger charge is 2.22. The van der Waals surface area contributed by atoms with Crippen LogP contribution in [0.5, 0.6) is 5.75 Å². The molecule has 0 amide bonds. The summed E-state index contributed by atoms with van der Waals surface area (Å²) in [6.45, 7) is 3.55. The molecular weight excluding hydrogens is 218 g/mol. The molecule has 0 radical (unpaired) electrons. The van der Waals surface area contributed by atoms with Crippen molar-refractivity contribution in [2.45, 2.75) is 38.5 Å². The van der Waals surface area contributed by atoms with Crippen LogP contribution in [0.15, 0.2) is 24.3 Å². The predicted molar refractivity (Wildman–Crippen MR) is 66.8 cm³/mol. The first kappa shape index (κ1) is 14.0. The second-order valence-electron chi connectivity index (χ2n) is 4.71. The molecule has 0 heterocycles. The summed E-state index contributed by atoms with van der Waals surface area (Å²) in [4.78, 5) is 0. The van der Waals surface area contributed by atoms with Crippen LogP contribution in [0.2, 0.25) is 0 Å². The molecule has 0 saturated heterocycles. The summed E-state index contributed by atoms with van der Waals surface area (Å²) < 4.78 is 5.72. The molecule has 0 aromatic heterocycles. The van der Waals surface area contributed by atoms with Gasteiger partial charge in [-0.15, -0.1) is 0 Å². The summed E-state index contributed by atoms with van der Waals surface area (Å²) >= 11 is 0. The Morgan fingerprint density at radius 1 is 1.35 bits per heavy atom. The Kier molecular flexibility index (Phi) is 4.93. The lowest BCUT2D eigenvalue weighted by molar-refractivity contribution is 0.131. The summed E-state index contributed by atoms with van der Waals surface area (Å²) in [5.74, 6) is 0.663. The van der Waals surface area contributed by atoms with Crippen LogP contribution in [0.3, 0.4) is 0 Å². The number of para-hydroxylation sites is 1. The van der Waals surface area contributed by atoms with Crippen LogP contribution in [0.4, 0.5) is 0 Å². The average Bonchev–Trinajstić information content (AvgIpc) is 2.29. The van der Waals surface area contributed by atoms with Gasteiger partial charge in [0.1, 0.15) is 5.75 Å². The van der Waals surface area contributed by atoms with Gasteiger partial charge in [-0.1, -0.05) is 18.2 Å². The fourth-order valence-corrected chi connectivity index (χ4v) is 1.73. The summed E-state index contributed by atoms with van der Waals surface area (Å²) in [6, 6.07) is 7.34. The number of hydrogen-bond acceptors (Lipinski definition) is 4. The van der Waals surface area contributed by atoms with E-state index in [1.54, 1.807) is 6.92 Å². The summed E-state index contributed by atoms with van der Waals surface area (Å²) in [5, 5.41) is 18.3. The van der Waals surface area contributed by atoms with E-state index in [2.05, 4.69) is 0 Å². The Morgan fingerprint density at radius 3 is 2.59 bits per heavy atom. The molecule has 0 aliphatic rings. The molecule has 1 aromatic rings. The SMILES string of the molecule is CC(CC(C)(N)CO)Oc1ccccc1CO. The molecule has 4 heteroatoms. The zero-order valence-electron chi connectivity index (χ0n) is 10.4. The number of ether oxygens (including phenoxy) is 1. The minimum Gasteiger partial charge on any atom is -0.490 e. The monoisotopic (exact) mass is 239 g/mol. The average molecular weight is 239 g/mol. The lowest BCUT2D eigenvalue weighted by Gasteiger charge is -2.26. The molecule has 4 N–H and O–H groups in total. The van der Waals surface area contributed by atoms with Gasteiger partial charge in [0.05, 0.1) is 19.3 Å². The van der Waals surface area contributed by atoms with Crippen molar-refractivity contribution >= 4 is 0 Å². The predicted octanol–water partition coefficient (Wildman–Crippen LogP) is 1.05. The van der Waals surface area contributed by atoms with Gasteiger partial charge in [0.2, 0.25) is 0 Å². The Morgan fingerprint density at radius 2 is 2.00 bits per heavy atom. The lowest BCUT2D eigenvalue weighted by atomic mass is 9.97. The van der Waals surface area contributed by atoms with E-state index >= 15 is 0 Å². The molecule has 0 saturated carbocycles. The van der Waals surface area contributed by atoms with Gasteiger partial charge in [-0.25, -0.2) is 0 Å². The van der Waals surface area contributed by atoms with E-state index in [1.165, 1.54) is 0 Å². The first-order valence-corrected chi connectivity index (χ1v) is 5.73. The number of hydrogen-bond donors (Lipinski definition) is 3. The first-order valence-electron chi connectivity index (χ1n) is 5.73. The van der Waals surface area contributed by atoms with E-state index in [-0.39, 0.29) is 19.3 Å². The maximum Gasteiger partial charge on any atom is 0.125 e. The molecule has 2 atom stereocenters. The highest BCUT2D eigenvalue weighted by molar-refractivity contribution is 5.32. The van der Waals surface area contributed by atoms with Gasteiger partial charge in [0.25, 0.3) is 0 Å². The zero-order chi connectivity index (χ0) is 12.9. The van der Waals surface area contributed by atoms with Crippen molar-refractivity contribution in [1.82, 2.24) is 0 Å². The van der Waals surface area contributed by atoms with Gasteiger partial charge in [-0.2, -0.15) is 0 Å². The number of aliphatic hydroxyl groups excluding tert-OH is 2. The van der Waals surface area contributed by atoms with Crippen LogP contribution in [-0.2, 0) is 6.61 Å². The van der Waals surface area contributed by atoms with Crippen LogP contribution in [0.1, 0.15) is 25.8 Å². The summed E-state index contributed by atoms with van der Waals surface area (Å²) in [5.41, 5.74) is 5.97. The largest absolute Gasteiger partial charge is 0.490 e. The number of benzene rings is 1. The van der Waals surface area contributed by atoms with Gasteiger partial charge >= 0.3 is 0 Å². The van der Waals surface area contributed by atoms with Crippen molar-refractivity contribution in [3.05, 3.63) is 29.8 Å². The van der Waals surface area contributed by atoms with Crippen molar-refractivity contribution in [3.63, 3.8) is 0 Å².